The highest BCUT2D eigenvalue weighted by atomic mass is 16.6. The molecule has 1 amide bonds. The van der Waals surface area contributed by atoms with Gasteiger partial charge >= 0.3 is 0 Å². The Labute approximate surface area is 173 Å². The Morgan fingerprint density at radius 1 is 1.20 bits per heavy atom. The molecule has 0 aliphatic heterocycles. The molecule has 0 saturated carbocycles. The van der Waals surface area contributed by atoms with Gasteiger partial charge in [-0.15, -0.1) is 0 Å². The molecule has 0 radical (unpaired) electrons. The fourth-order valence-electron chi connectivity index (χ4n) is 3.28. The minimum Gasteiger partial charge on any atom is -0.338 e. The number of hydrogen-bond donors (Lipinski definition) is 1. The SMILES string of the molecule is Cc1cc(C)c(NC(=O)CN(C)Cc2nc(-c3cccc([N+](=O)[O-])c3)no2)c(C)c1. The highest BCUT2D eigenvalue weighted by Crippen LogP contribution is 2.23. The number of nitrogens with one attached hydrogen (secondary N) is 1. The van der Waals surface area contributed by atoms with Crippen LogP contribution in [-0.2, 0) is 11.3 Å². The molecule has 1 aromatic heterocycles. The van der Waals surface area contributed by atoms with Crippen molar-refractivity contribution in [1.82, 2.24) is 15.0 Å². The van der Waals surface area contributed by atoms with Crippen LogP contribution in [0.15, 0.2) is 40.9 Å². The van der Waals surface area contributed by atoms with Crippen molar-refractivity contribution in [2.45, 2.75) is 27.3 Å². The first-order valence-electron chi connectivity index (χ1n) is 9.36. The molecule has 3 aromatic rings. The molecule has 0 bridgehead atoms. The first kappa shape index (κ1) is 21.1. The number of hydrogen-bond acceptors (Lipinski definition) is 7. The molecule has 1 heterocycles. The van der Waals surface area contributed by atoms with E-state index in [1.54, 1.807) is 24.1 Å². The van der Waals surface area contributed by atoms with Crippen molar-refractivity contribution in [3.8, 4) is 11.4 Å². The van der Waals surface area contributed by atoms with Crippen molar-refractivity contribution in [2.75, 3.05) is 18.9 Å². The van der Waals surface area contributed by atoms with Crippen molar-refractivity contribution >= 4 is 17.3 Å². The van der Waals surface area contributed by atoms with Gasteiger partial charge in [0.2, 0.25) is 17.6 Å². The second-order valence-electron chi connectivity index (χ2n) is 7.31. The molecule has 0 spiro atoms. The van der Waals surface area contributed by atoms with Crippen LogP contribution < -0.4 is 5.32 Å². The van der Waals surface area contributed by atoms with Gasteiger partial charge in [0.15, 0.2) is 0 Å². The van der Waals surface area contributed by atoms with E-state index in [1.807, 2.05) is 32.9 Å². The monoisotopic (exact) mass is 409 g/mol. The van der Waals surface area contributed by atoms with Crippen molar-refractivity contribution in [1.29, 1.82) is 0 Å². The Morgan fingerprint density at radius 3 is 2.57 bits per heavy atom. The number of anilines is 1. The fraction of sp³-hybridized carbons (Fsp3) is 0.286. The summed E-state index contributed by atoms with van der Waals surface area (Å²) in [7, 11) is 1.77. The third-order valence-corrected chi connectivity index (χ3v) is 4.54. The maximum atomic E-state index is 12.4. The van der Waals surface area contributed by atoms with E-state index in [0.29, 0.717) is 11.5 Å². The van der Waals surface area contributed by atoms with Gasteiger partial charge in [0.25, 0.3) is 5.69 Å². The molecular formula is C21H23N5O4. The third-order valence-electron chi connectivity index (χ3n) is 4.54. The van der Waals surface area contributed by atoms with E-state index < -0.39 is 4.92 Å². The standard InChI is InChI=1S/C21H23N5O4/c1-13-8-14(2)20(15(3)9-13)22-18(27)11-25(4)12-19-23-21(24-30-19)16-6-5-7-17(10-16)26(28)29/h5-10H,11-12H2,1-4H3,(H,22,27). The quantitative estimate of drug-likeness (QED) is 0.468. The van der Waals surface area contributed by atoms with Gasteiger partial charge < -0.3 is 9.84 Å². The van der Waals surface area contributed by atoms with Crippen LogP contribution in [-0.4, -0.2) is 39.5 Å². The van der Waals surface area contributed by atoms with Crippen LogP contribution in [0.1, 0.15) is 22.6 Å². The van der Waals surface area contributed by atoms with E-state index in [-0.39, 0.29) is 30.5 Å². The van der Waals surface area contributed by atoms with E-state index in [0.717, 1.165) is 22.4 Å². The molecule has 1 N–H and O–H groups in total. The lowest BCUT2D eigenvalue weighted by Crippen LogP contribution is -2.30. The normalized spacial score (nSPS) is 11.0. The zero-order valence-corrected chi connectivity index (χ0v) is 17.3. The van der Waals surface area contributed by atoms with E-state index in [2.05, 4.69) is 15.5 Å². The summed E-state index contributed by atoms with van der Waals surface area (Å²) in [5, 5.41) is 17.8. The Balaban J connectivity index is 1.62. The highest BCUT2D eigenvalue weighted by Gasteiger charge is 2.16. The van der Waals surface area contributed by atoms with Gasteiger partial charge in [0.05, 0.1) is 18.0 Å². The minimum atomic E-state index is -0.478. The number of likely N-dealkylation sites (N-methyl/N-ethyl adjacent to an activating group) is 1. The number of aryl methyl sites for hydroxylation is 3. The van der Waals surface area contributed by atoms with Gasteiger partial charge in [0, 0.05) is 23.4 Å². The number of carbonyl (C=O) groups excluding carboxylic acids is 1. The summed E-state index contributed by atoms with van der Waals surface area (Å²) in [4.78, 5) is 28.9. The molecule has 0 unspecified atom stereocenters. The van der Waals surface area contributed by atoms with Crippen LogP contribution in [0.5, 0.6) is 0 Å². The van der Waals surface area contributed by atoms with Gasteiger partial charge in [-0.3, -0.25) is 19.8 Å². The molecule has 9 nitrogen and oxygen atoms in total. The molecule has 156 valence electrons. The van der Waals surface area contributed by atoms with Gasteiger partial charge in [-0.25, -0.2) is 0 Å². The number of nitrogens with zero attached hydrogens (tertiary/aromatic N) is 4. The van der Waals surface area contributed by atoms with Crippen LogP contribution >= 0.6 is 0 Å². The second-order valence-corrected chi connectivity index (χ2v) is 7.31. The van der Waals surface area contributed by atoms with Crippen LogP contribution in [0.25, 0.3) is 11.4 Å². The van der Waals surface area contributed by atoms with E-state index >= 15 is 0 Å². The Hall–Kier alpha value is -3.59. The number of nitro groups is 1. The number of amides is 1. The summed E-state index contributed by atoms with van der Waals surface area (Å²) in [6, 6.07) is 10.1. The largest absolute Gasteiger partial charge is 0.338 e. The minimum absolute atomic E-state index is 0.0469. The number of carbonyl (C=O) groups is 1. The van der Waals surface area contributed by atoms with Crippen LogP contribution in [0.3, 0.4) is 0 Å². The van der Waals surface area contributed by atoms with Crippen molar-refractivity contribution in [3.63, 3.8) is 0 Å². The smallest absolute Gasteiger partial charge is 0.270 e. The number of nitro benzene ring substituents is 1. The molecule has 0 aliphatic carbocycles. The summed E-state index contributed by atoms with van der Waals surface area (Å²) in [5.41, 5.74) is 4.45. The molecule has 0 saturated heterocycles. The predicted octanol–water partition coefficient (Wildman–Crippen LogP) is 3.64. The lowest BCUT2D eigenvalue weighted by molar-refractivity contribution is -0.384. The van der Waals surface area contributed by atoms with Crippen molar-refractivity contribution in [2.24, 2.45) is 0 Å². The zero-order valence-electron chi connectivity index (χ0n) is 17.3. The molecule has 0 atom stereocenters. The number of rotatable bonds is 7. The van der Waals surface area contributed by atoms with Crippen LogP contribution in [0.2, 0.25) is 0 Å². The van der Waals surface area contributed by atoms with Crippen LogP contribution in [0, 0.1) is 30.9 Å². The average Bonchev–Trinajstić information content (AvgIpc) is 3.13. The predicted molar refractivity (Wildman–Crippen MR) is 112 cm³/mol. The first-order valence-corrected chi connectivity index (χ1v) is 9.36. The number of non-ortho nitro benzene ring substituents is 1. The maximum Gasteiger partial charge on any atom is 0.270 e. The molecule has 3 rings (SSSR count). The molecule has 0 aliphatic rings. The fourth-order valence-corrected chi connectivity index (χ4v) is 3.28. The highest BCUT2D eigenvalue weighted by molar-refractivity contribution is 5.93. The molecule has 2 aromatic carbocycles. The van der Waals surface area contributed by atoms with Gasteiger partial charge in [0.1, 0.15) is 0 Å². The summed E-state index contributed by atoms with van der Waals surface area (Å²) in [6.07, 6.45) is 0. The van der Waals surface area contributed by atoms with Crippen LogP contribution in [0.4, 0.5) is 11.4 Å². The summed E-state index contributed by atoms with van der Waals surface area (Å²) < 4.78 is 5.24. The lowest BCUT2D eigenvalue weighted by Gasteiger charge is -2.16. The Kier molecular flexibility index (Phi) is 6.22. The second kappa shape index (κ2) is 8.83. The Morgan fingerprint density at radius 2 is 1.90 bits per heavy atom. The van der Waals surface area contributed by atoms with E-state index in [4.69, 9.17) is 4.52 Å². The van der Waals surface area contributed by atoms with Crippen molar-refractivity contribution in [3.05, 3.63) is 69.1 Å². The topological polar surface area (TPSA) is 114 Å². The molecule has 0 fully saturated rings. The summed E-state index contributed by atoms with van der Waals surface area (Å²) in [5.74, 6) is 0.429. The molecular weight excluding hydrogens is 386 g/mol. The Bertz CT molecular complexity index is 1070. The van der Waals surface area contributed by atoms with Gasteiger partial charge in [-0.05, 0) is 38.9 Å². The van der Waals surface area contributed by atoms with Gasteiger partial charge in [-0.1, -0.05) is 35.0 Å². The van der Waals surface area contributed by atoms with Gasteiger partial charge in [-0.2, -0.15) is 4.98 Å². The first-order chi connectivity index (χ1) is 14.2. The summed E-state index contributed by atoms with van der Waals surface area (Å²) >= 11 is 0. The number of benzene rings is 2. The maximum absolute atomic E-state index is 12.4. The van der Waals surface area contributed by atoms with E-state index in [9.17, 15) is 14.9 Å². The molecule has 30 heavy (non-hydrogen) atoms. The average molecular weight is 409 g/mol. The zero-order chi connectivity index (χ0) is 21.8. The third kappa shape index (κ3) is 5.06. The van der Waals surface area contributed by atoms with Crippen molar-refractivity contribution < 1.29 is 14.2 Å². The summed E-state index contributed by atoms with van der Waals surface area (Å²) in [6.45, 7) is 6.36. The molecule has 9 heteroatoms. The van der Waals surface area contributed by atoms with E-state index in [1.165, 1.54) is 12.1 Å². The number of aromatic nitrogens is 2. The lowest BCUT2D eigenvalue weighted by atomic mass is 10.1.